The molecule has 1 N–H and O–H groups in total. The van der Waals surface area contributed by atoms with E-state index in [0.717, 1.165) is 31.2 Å². The molecule has 1 saturated carbocycles. The van der Waals surface area contributed by atoms with Gasteiger partial charge in [0.15, 0.2) is 0 Å². The van der Waals surface area contributed by atoms with Crippen LogP contribution in [-0.2, 0) is 5.60 Å². The summed E-state index contributed by atoms with van der Waals surface area (Å²) in [6, 6.07) is 7.67. The SMILES string of the molecule is OC1(c2ccccc2Cl)CCCCCC1. The molecule has 1 aliphatic rings. The molecule has 1 aromatic carbocycles. The highest BCUT2D eigenvalue weighted by Gasteiger charge is 2.31. The summed E-state index contributed by atoms with van der Waals surface area (Å²) in [4.78, 5) is 0. The fourth-order valence-corrected chi connectivity index (χ4v) is 2.73. The van der Waals surface area contributed by atoms with Gasteiger partial charge in [0.05, 0.1) is 5.60 Å². The lowest BCUT2D eigenvalue weighted by molar-refractivity contribution is 0.0208. The Balaban J connectivity index is 2.30. The molecule has 1 aromatic rings. The van der Waals surface area contributed by atoms with E-state index in [0.29, 0.717) is 5.02 Å². The van der Waals surface area contributed by atoms with Gasteiger partial charge >= 0.3 is 0 Å². The zero-order valence-corrected chi connectivity index (χ0v) is 9.63. The highest BCUT2D eigenvalue weighted by atomic mass is 35.5. The molecule has 0 unspecified atom stereocenters. The first-order valence-corrected chi connectivity index (χ1v) is 6.08. The van der Waals surface area contributed by atoms with E-state index < -0.39 is 5.60 Å². The first kappa shape index (κ1) is 11.0. The average Bonchev–Trinajstić information content (AvgIpc) is 2.44. The minimum atomic E-state index is -0.686. The lowest BCUT2D eigenvalue weighted by Crippen LogP contribution is -2.25. The van der Waals surface area contributed by atoms with Crippen LogP contribution < -0.4 is 0 Å². The van der Waals surface area contributed by atoms with Gasteiger partial charge in [-0.15, -0.1) is 0 Å². The van der Waals surface area contributed by atoms with Gasteiger partial charge in [-0.3, -0.25) is 0 Å². The third-order valence-electron chi connectivity index (χ3n) is 3.31. The normalized spacial score (nSPS) is 20.9. The van der Waals surface area contributed by atoms with E-state index in [1.54, 1.807) is 0 Å². The Bertz CT molecular complexity index is 327. The Labute approximate surface area is 96.1 Å². The van der Waals surface area contributed by atoms with E-state index in [1.807, 2.05) is 24.3 Å². The second-order valence-corrected chi connectivity index (χ2v) is 4.83. The minimum absolute atomic E-state index is 0.686. The van der Waals surface area contributed by atoms with Gasteiger partial charge in [0.1, 0.15) is 0 Å². The van der Waals surface area contributed by atoms with Crippen molar-refractivity contribution in [1.82, 2.24) is 0 Å². The first-order valence-electron chi connectivity index (χ1n) is 5.70. The van der Waals surface area contributed by atoms with Gasteiger partial charge in [-0.2, -0.15) is 0 Å². The minimum Gasteiger partial charge on any atom is -0.385 e. The third-order valence-corrected chi connectivity index (χ3v) is 3.64. The zero-order chi connectivity index (χ0) is 10.7. The fourth-order valence-electron chi connectivity index (χ4n) is 2.42. The van der Waals surface area contributed by atoms with Gasteiger partial charge in [-0.05, 0) is 18.9 Å². The summed E-state index contributed by atoms with van der Waals surface area (Å²) in [6.07, 6.45) is 6.34. The Morgan fingerprint density at radius 3 is 2.20 bits per heavy atom. The number of hydrogen-bond acceptors (Lipinski definition) is 1. The number of benzene rings is 1. The molecule has 2 rings (SSSR count). The van der Waals surface area contributed by atoms with Crippen LogP contribution >= 0.6 is 11.6 Å². The molecule has 82 valence electrons. The number of hydrogen-bond donors (Lipinski definition) is 1. The van der Waals surface area contributed by atoms with Gasteiger partial charge in [-0.25, -0.2) is 0 Å². The molecule has 0 heterocycles. The molecular weight excluding hydrogens is 208 g/mol. The number of rotatable bonds is 1. The van der Waals surface area contributed by atoms with E-state index in [-0.39, 0.29) is 0 Å². The molecule has 0 aliphatic heterocycles. The van der Waals surface area contributed by atoms with Crippen LogP contribution in [0, 0.1) is 0 Å². The third kappa shape index (κ3) is 2.35. The van der Waals surface area contributed by atoms with Crippen molar-refractivity contribution in [2.75, 3.05) is 0 Å². The fraction of sp³-hybridized carbons (Fsp3) is 0.538. The lowest BCUT2D eigenvalue weighted by Gasteiger charge is -2.28. The maximum absolute atomic E-state index is 10.6. The van der Waals surface area contributed by atoms with Crippen molar-refractivity contribution in [2.45, 2.75) is 44.1 Å². The van der Waals surface area contributed by atoms with Crippen LogP contribution in [0.25, 0.3) is 0 Å². The van der Waals surface area contributed by atoms with Crippen molar-refractivity contribution in [3.8, 4) is 0 Å². The van der Waals surface area contributed by atoms with Crippen LogP contribution in [0.15, 0.2) is 24.3 Å². The van der Waals surface area contributed by atoms with Gasteiger partial charge < -0.3 is 5.11 Å². The Morgan fingerprint density at radius 1 is 1.00 bits per heavy atom. The molecule has 0 aromatic heterocycles. The van der Waals surface area contributed by atoms with Gasteiger partial charge in [0.2, 0.25) is 0 Å². The predicted octanol–water partition coefficient (Wildman–Crippen LogP) is 3.88. The molecule has 15 heavy (non-hydrogen) atoms. The molecule has 1 fully saturated rings. The summed E-state index contributed by atoms with van der Waals surface area (Å²) in [5, 5.41) is 11.3. The largest absolute Gasteiger partial charge is 0.385 e. The van der Waals surface area contributed by atoms with E-state index in [4.69, 9.17) is 11.6 Å². The van der Waals surface area contributed by atoms with Crippen LogP contribution in [0.4, 0.5) is 0 Å². The molecule has 0 spiro atoms. The lowest BCUT2D eigenvalue weighted by atomic mass is 9.86. The molecule has 1 nitrogen and oxygen atoms in total. The summed E-state index contributed by atoms with van der Waals surface area (Å²) in [5.41, 5.74) is 0.225. The van der Waals surface area contributed by atoms with Crippen LogP contribution in [0.2, 0.25) is 5.02 Å². The Hall–Kier alpha value is -0.530. The molecule has 0 atom stereocenters. The van der Waals surface area contributed by atoms with Crippen molar-refractivity contribution in [2.24, 2.45) is 0 Å². The molecule has 0 saturated heterocycles. The van der Waals surface area contributed by atoms with Gasteiger partial charge in [0, 0.05) is 10.6 Å². The summed E-state index contributed by atoms with van der Waals surface area (Å²) in [7, 11) is 0. The second-order valence-electron chi connectivity index (χ2n) is 4.43. The topological polar surface area (TPSA) is 20.2 Å². The highest BCUT2D eigenvalue weighted by Crippen LogP contribution is 2.38. The van der Waals surface area contributed by atoms with Gasteiger partial charge in [-0.1, -0.05) is 55.5 Å². The molecular formula is C13H17ClO. The Kier molecular flexibility index (Phi) is 3.32. The standard InChI is InChI=1S/C13H17ClO/c14-12-8-4-3-7-11(12)13(15)9-5-1-2-6-10-13/h3-4,7-8,15H,1-2,5-6,9-10H2. The number of halogens is 1. The predicted molar refractivity (Wildman–Crippen MR) is 63.1 cm³/mol. The van der Waals surface area contributed by atoms with Crippen LogP contribution in [0.5, 0.6) is 0 Å². The quantitative estimate of drug-likeness (QED) is 0.718. The molecule has 2 heteroatoms. The maximum Gasteiger partial charge on any atom is 0.0910 e. The monoisotopic (exact) mass is 224 g/mol. The van der Waals surface area contributed by atoms with Crippen molar-refractivity contribution in [3.63, 3.8) is 0 Å². The first-order chi connectivity index (χ1) is 7.22. The van der Waals surface area contributed by atoms with Crippen LogP contribution in [0.3, 0.4) is 0 Å². The number of aliphatic hydroxyl groups is 1. The summed E-state index contributed by atoms with van der Waals surface area (Å²) < 4.78 is 0. The van der Waals surface area contributed by atoms with E-state index in [9.17, 15) is 5.11 Å². The average molecular weight is 225 g/mol. The Morgan fingerprint density at radius 2 is 1.60 bits per heavy atom. The maximum atomic E-state index is 10.6. The van der Waals surface area contributed by atoms with E-state index in [1.165, 1.54) is 12.8 Å². The zero-order valence-electron chi connectivity index (χ0n) is 8.88. The molecule has 0 bridgehead atoms. The van der Waals surface area contributed by atoms with E-state index in [2.05, 4.69) is 0 Å². The van der Waals surface area contributed by atoms with Crippen LogP contribution in [0.1, 0.15) is 44.1 Å². The molecule has 0 radical (unpaired) electrons. The van der Waals surface area contributed by atoms with Crippen molar-refractivity contribution >= 4 is 11.6 Å². The summed E-state index contributed by atoms with van der Waals surface area (Å²) in [5.74, 6) is 0. The van der Waals surface area contributed by atoms with Crippen molar-refractivity contribution < 1.29 is 5.11 Å². The highest BCUT2D eigenvalue weighted by molar-refractivity contribution is 6.31. The van der Waals surface area contributed by atoms with Gasteiger partial charge in [0.25, 0.3) is 0 Å². The smallest absolute Gasteiger partial charge is 0.0910 e. The summed E-state index contributed by atoms with van der Waals surface area (Å²) >= 11 is 6.14. The summed E-state index contributed by atoms with van der Waals surface area (Å²) in [6.45, 7) is 0. The van der Waals surface area contributed by atoms with Crippen molar-refractivity contribution in [1.29, 1.82) is 0 Å². The van der Waals surface area contributed by atoms with Crippen LogP contribution in [-0.4, -0.2) is 5.11 Å². The van der Waals surface area contributed by atoms with Crippen molar-refractivity contribution in [3.05, 3.63) is 34.9 Å². The molecule has 0 amide bonds. The molecule has 1 aliphatic carbocycles. The second kappa shape index (κ2) is 4.54. The van der Waals surface area contributed by atoms with E-state index >= 15 is 0 Å².